The predicted molar refractivity (Wildman–Crippen MR) is 75.9 cm³/mol. The number of aromatic carboxylic acids is 1. The number of nitrogens with zero attached hydrogens (tertiary/aromatic N) is 1. The van der Waals surface area contributed by atoms with E-state index in [-0.39, 0.29) is 16.2 Å². The van der Waals surface area contributed by atoms with Crippen LogP contribution in [-0.2, 0) is 15.6 Å². The molecule has 0 spiro atoms. The van der Waals surface area contributed by atoms with E-state index in [1.54, 1.807) is 25.4 Å². The third kappa shape index (κ3) is 2.88. The van der Waals surface area contributed by atoms with E-state index in [1.165, 1.54) is 23.5 Å². The average molecular weight is 311 g/mol. The van der Waals surface area contributed by atoms with Gasteiger partial charge in [0.1, 0.15) is 10.8 Å². The van der Waals surface area contributed by atoms with E-state index in [0.717, 1.165) is 0 Å². The Bertz CT molecular complexity index is 749. The molecule has 106 valence electrons. The maximum atomic E-state index is 12.4. The largest absolute Gasteiger partial charge is 0.478 e. The quantitative estimate of drug-likeness (QED) is 0.937. The van der Waals surface area contributed by atoms with Crippen LogP contribution < -0.4 is 0 Å². The number of carbonyl (C=O) groups is 1. The lowest BCUT2D eigenvalue weighted by Gasteiger charge is -2.10. The number of carboxylic acid groups (broad SMARTS) is 1. The molecule has 1 heterocycles. The summed E-state index contributed by atoms with van der Waals surface area (Å²) in [6.45, 7) is 3.37. The second-order valence-electron chi connectivity index (χ2n) is 4.41. The van der Waals surface area contributed by atoms with Crippen molar-refractivity contribution >= 4 is 27.1 Å². The zero-order valence-corrected chi connectivity index (χ0v) is 12.6. The highest BCUT2D eigenvalue weighted by Gasteiger charge is 2.22. The fourth-order valence-electron chi connectivity index (χ4n) is 1.84. The number of sulfone groups is 1. The Morgan fingerprint density at radius 3 is 2.60 bits per heavy atom. The molecule has 1 N–H and O–H groups in total. The SMILES string of the molecule is Cc1cc(C(=O)O)cc(S(=O)(=O)Cc2nccs2)c1C. The highest BCUT2D eigenvalue weighted by atomic mass is 32.2. The molecular weight excluding hydrogens is 298 g/mol. The fourth-order valence-corrected chi connectivity index (χ4v) is 4.47. The molecule has 0 aliphatic carbocycles. The minimum absolute atomic E-state index is 0.0224. The van der Waals surface area contributed by atoms with Crippen LogP contribution in [0.4, 0.5) is 0 Å². The van der Waals surface area contributed by atoms with Gasteiger partial charge in [0.25, 0.3) is 0 Å². The number of aryl methyl sites for hydroxylation is 1. The molecule has 0 fully saturated rings. The van der Waals surface area contributed by atoms with Crippen molar-refractivity contribution < 1.29 is 18.3 Å². The van der Waals surface area contributed by atoms with Crippen LogP contribution in [0.3, 0.4) is 0 Å². The van der Waals surface area contributed by atoms with Crippen LogP contribution in [0.1, 0.15) is 26.5 Å². The van der Waals surface area contributed by atoms with Crippen molar-refractivity contribution in [2.24, 2.45) is 0 Å². The third-order valence-corrected chi connectivity index (χ3v) is 5.71. The van der Waals surface area contributed by atoms with E-state index in [9.17, 15) is 13.2 Å². The van der Waals surface area contributed by atoms with Crippen LogP contribution in [0.25, 0.3) is 0 Å². The van der Waals surface area contributed by atoms with Gasteiger partial charge in [0, 0.05) is 11.6 Å². The molecule has 2 rings (SSSR count). The van der Waals surface area contributed by atoms with Crippen LogP contribution in [0.2, 0.25) is 0 Å². The van der Waals surface area contributed by atoms with Gasteiger partial charge in [-0.15, -0.1) is 11.3 Å². The van der Waals surface area contributed by atoms with E-state index in [4.69, 9.17) is 5.11 Å². The second kappa shape index (κ2) is 5.34. The molecule has 0 radical (unpaired) electrons. The molecule has 0 amide bonds. The first-order valence-corrected chi connectivity index (χ1v) is 8.30. The molecular formula is C13H13NO4S2. The molecule has 20 heavy (non-hydrogen) atoms. The molecule has 0 saturated heterocycles. The molecule has 0 aliphatic rings. The number of thiazole rings is 1. The molecule has 0 unspecified atom stereocenters. The van der Waals surface area contributed by atoms with E-state index < -0.39 is 15.8 Å². The van der Waals surface area contributed by atoms with Gasteiger partial charge >= 0.3 is 5.97 Å². The van der Waals surface area contributed by atoms with Gasteiger partial charge in [0.05, 0.1) is 10.5 Å². The van der Waals surface area contributed by atoms with Crippen molar-refractivity contribution in [1.29, 1.82) is 0 Å². The Labute approximate surface area is 120 Å². The highest BCUT2D eigenvalue weighted by Crippen LogP contribution is 2.25. The molecule has 7 heteroatoms. The summed E-state index contributed by atoms with van der Waals surface area (Å²) in [7, 11) is -3.61. The van der Waals surface area contributed by atoms with Gasteiger partial charge in [-0.2, -0.15) is 0 Å². The van der Waals surface area contributed by atoms with Gasteiger partial charge in [-0.25, -0.2) is 18.2 Å². The summed E-state index contributed by atoms with van der Waals surface area (Å²) < 4.78 is 24.8. The van der Waals surface area contributed by atoms with E-state index >= 15 is 0 Å². The molecule has 5 nitrogen and oxygen atoms in total. The van der Waals surface area contributed by atoms with Gasteiger partial charge in [-0.3, -0.25) is 0 Å². The highest BCUT2D eigenvalue weighted by molar-refractivity contribution is 7.90. The summed E-state index contributed by atoms with van der Waals surface area (Å²) in [6.07, 6.45) is 1.54. The Morgan fingerprint density at radius 1 is 1.35 bits per heavy atom. The van der Waals surface area contributed by atoms with E-state index in [1.807, 2.05) is 0 Å². The van der Waals surface area contributed by atoms with Crippen LogP contribution in [0, 0.1) is 13.8 Å². The lowest BCUT2D eigenvalue weighted by atomic mass is 10.1. The number of rotatable bonds is 4. The standard InChI is InChI=1S/C13H13NO4S2/c1-8-5-10(13(15)16)6-11(9(8)2)20(17,18)7-12-14-3-4-19-12/h3-6H,7H2,1-2H3,(H,15,16). The van der Waals surface area contributed by atoms with Gasteiger partial charge < -0.3 is 5.11 Å². The summed E-state index contributed by atoms with van der Waals surface area (Å²) in [6, 6.07) is 2.69. The minimum Gasteiger partial charge on any atom is -0.478 e. The first-order chi connectivity index (χ1) is 9.31. The molecule has 0 atom stereocenters. The zero-order chi connectivity index (χ0) is 14.9. The normalized spacial score (nSPS) is 11.5. The van der Waals surface area contributed by atoms with Gasteiger partial charge in [0.15, 0.2) is 9.84 Å². The number of aromatic nitrogens is 1. The second-order valence-corrected chi connectivity index (χ2v) is 7.34. The summed E-state index contributed by atoms with van der Waals surface area (Å²) in [5, 5.41) is 11.2. The molecule has 2 aromatic rings. The maximum absolute atomic E-state index is 12.4. The smallest absolute Gasteiger partial charge is 0.335 e. The Kier molecular flexibility index (Phi) is 3.92. The summed E-state index contributed by atoms with van der Waals surface area (Å²) in [5.74, 6) is -1.35. The first-order valence-electron chi connectivity index (χ1n) is 5.77. The van der Waals surface area contributed by atoms with E-state index in [0.29, 0.717) is 16.1 Å². The summed E-state index contributed by atoms with van der Waals surface area (Å²) in [4.78, 5) is 15.1. The van der Waals surface area contributed by atoms with Crippen LogP contribution in [0.5, 0.6) is 0 Å². The molecule has 1 aromatic heterocycles. The van der Waals surface area contributed by atoms with Crippen LogP contribution >= 0.6 is 11.3 Å². The van der Waals surface area contributed by atoms with Crippen molar-refractivity contribution in [3.63, 3.8) is 0 Å². The van der Waals surface area contributed by atoms with Gasteiger partial charge in [-0.05, 0) is 37.1 Å². The Hall–Kier alpha value is -1.73. The molecule has 1 aromatic carbocycles. The average Bonchev–Trinajstić information content (AvgIpc) is 2.83. The molecule has 0 saturated carbocycles. The monoisotopic (exact) mass is 311 g/mol. The Morgan fingerprint density at radius 2 is 2.05 bits per heavy atom. The topological polar surface area (TPSA) is 84.3 Å². The van der Waals surface area contributed by atoms with Gasteiger partial charge in [-0.1, -0.05) is 0 Å². The van der Waals surface area contributed by atoms with Crippen molar-refractivity contribution in [3.8, 4) is 0 Å². The fraction of sp³-hybridized carbons (Fsp3) is 0.231. The lowest BCUT2D eigenvalue weighted by molar-refractivity contribution is 0.0696. The summed E-state index contributed by atoms with van der Waals surface area (Å²) >= 11 is 1.26. The summed E-state index contributed by atoms with van der Waals surface area (Å²) in [5.41, 5.74) is 1.19. The van der Waals surface area contributed by atoms with E-state index in [2.05, 4.69) is 4.98 Å². The van der Waals surface area contributed by atoms with Crippen LogP contribution in [0.15, 0.2) is 28.6 Å². The number of benzene rings is 1. The predicted octanol–water partition coefficient (Wildman–Crippen LogP) is 2.43. The van der Waals surface area contributed by atoms with Crippen molar-refractivity contribution in [1.82, 2.24) is 4.98 Å². The van der Waals surface area contributed by atoms with Gasteiger partial charge in [0.2, 0.25) is 0 Å². The van der Waals surface area contributed by atoms with Crippen LogP contribution in [-0.4, -0.2) is 24.5 Å². The third-order valence-electron chi connectivity index (χ3n) is 3.00. The number of carboxylic acids is 1. The van der Waals surface area contributed by atoms with Crippen molar-refractivity contribution in [2.75, 3.05) is 0 Å². The van der Waals surface area contributed by atoms with Crippen molar-refractivity contribution in [2.45, 2.75) is 24.5 Å². The number of hydrogen-bond donors (Lipinski definition) is 1. The molecule has 0 bridgehead atoms. The number of hydrogen-bond acceptors (Lipinski definition) is 5. The zero-order valence-electron chi connectivity index (χ0n) is 11.0. The first kappa shape index (κ1) is 14.7. The minimum atomic E-state index is -3.61. The Balaban J connectivity index is 2.53. The lowest BCUT2D eigenvalue weighted by Crippen LogP contribution is -2.10. The van der Waals surface area contributed by atoms with Crippen molar-refractivity contribution in [3.05, 3.63) is 45.4 Å². The molecule has 0 aliphatic heterocycles. The maximum Gasteiger partial charge on any atom is 0.335 e.